The largest absolute Gasteiger partial charge is 0.391 e. The molecule has 0 amide bonds. The van der Waals surface area contributed by atoms with Gasteiger partial charge in [-0.3, -0.25) is 0 Å². The van der Waals surface area contributed by atoms with Crippen molar-refractivity contribution in [2.24, 2.45) is 5.92 Å². The topological polar surface area (TPSA) is 50.9 Å². The first-order chi connectivity index (χ1) is 10.1. The molecule has 0 aliphatic carbocycles. The average molecular weight is 322 g/mol. The maximum Gasteiger partial charge on any atom is 0.212 e. The fourth-order valence-electron chi connectivity index (χ4n) is 2.26. The van der Waals surface area contributed by atoms with Crippen LogP contribution in [0.4, 0.5) is 0 Å². The van der Waals surface area contributed by atoms with Crippen LogP contribution in [0.5, 0.6) is 0 Å². The Morgan fingerprint density at radius 3 is 2.76 bits per heavy atom. The van der Waals surface area contributed by atoms with Gasteiger partial charge in [-0.2, -0.15) is 9.78 Å². The summed E-state index contributed by atoms with van der Waals surface area (Å²) < 4.78 is 2.73. The lowest BCUT2D eigenvalue weighted by Crippen LogP contribution is -2.00. The molecule has 3 rings (SSSR count). The molecular formula is C15H16ClN3OS. The molecule has 0 atom stereocenters. The van der Waals surface area contributed by atoms with Crippen LogP contribution in [-0.2, 0) is 13.0 Å². The number of thiazole rings is 1. The predicted octanol–water partition coefficient (Wildman–Crippen LogP) is 3.83. The Balaban J connectivity index is 2.11. The van der Waals surface area contributed by atoms with E-state index < -0.39 is 0 Å². The van der Waals surface area contributed by atoms with E-state index in [2.05, 4.69) is 23.9 Å². The number of nitrogens with zero attached hydrogens (tertiary/aromatic N) is 3. The van der Waals surface area contributed by atoms with Gasteiger partial charge in [0.25, 0.3) is 0 Å². The van der Waals surface area contributed by atoms with Gasteiger partial charge in [0.1, 0.15) is 5.15 Å². The standard InChI is InChI=1S/C15H16ClN3OS/c1-9(2)7-12-10(8-20)14(16)19(18-12)15-17-11-5-3-4-6-13(11)21-15/h3-6,9,20H,7-8H2,1-2H3. The molecule has 3 aromatic rings. The fourth-order valence-corrected chi connectivity index (χ4v) is 3.52. The van der Waals surface area contributed by atoms with Crippen LogP contribution in [0.3, 0.4) is 0 Å². The molecule has 0 aliphatic rings. The summed E-state index contributed by atoms with van der Waals surface area (Å²) >= 11 is 7.92. The number of hydrogen-bond acceptors (Lipinski definition) is 4. The van der Waals surface area contributed by atoms with Crippen molar-refractivity contribution in [2.45, 2.75) is 26.9 Å². The zero-order chi connectivity index (χ0) is 15.0. The number of benzene rings is 1. The summed E-state index contributed by atoms with van der Waals surface area (Å²) in [6, 6.07) is 7.93. The van der Waals surface area contributed by atoms with Crippen molar-refractivity contribution in [2.75, 3.05) is 0 Å². The van der Waals surface area contributed by atoms with E-state index >= 15 is 0 Å². The Morgan fingerprint density at radius 2 is 2.10 bits per heavy atom. The van der Waals surface area contributed by atoms with Crippen molar-refractivity contribution < 1.29 is 5.11 Å². The van der Waals surface area contributed by atoms with E-state index in [1.807, 2.05) is 24.3 Å². The minimum Gasteiger partial charge on any atom is -0.391 e. The van der Waals surface area contributed by atoms with Crippen molar-refractivity contribution in [1.29, 1.82) is 0 Å². The molecule has 0 fully saturated rings. The van der Waals surface area contributed by atoms with E-state index in [-0.39, 0.29) is 6.61 Å². The number of aromatic nitrogens is 3. The molecule has 1 N–H and O–H groups in total. The summed E-state index contributed by atoms with van der Waals surface area (Å²) in [6.07, 6.45) is 0.785. The van der Waals surface area contributed by atoms with Gasteiger partial charge in [-0.1, -0.05) is 48.9 Å². The van der Waals surface area contributed by atoms with E-state index in [1.165, 1.54) is 11.3 Å². The highest BCUT2D eigenvalue weighted by Crippen LogP contribution is 2.30. The second-order valence-corrected chi connectivity index (χ2v) is 6.72. The minimum absolute atomic E-state index is 0.105. The SMILES string of the molecule is CC(C)Cc1nn(-c2nc3ccccc3s2)c(Cl)c1CO. The van der Waals surface area contributed by atoms with Crippen LogP contribution < -0.4 is 0 Å². The third kappa shape index (κ3) is 2.69. The molecule has 110 valence electrons. The van der Waals surface area contributed by atoms with Gasteiger partial charge in [-0.05, 0) is 24.5 Å². The highest BCUT2D eigenvalue weighted by molar-refractivity contribution is 7.20. The first-order valence-electron chi connectivity index (χ1n) is 6.83. The smallest absolute Gasteiger partial charge is 0.212 e. The Morgan fingerprint density at radius 1 is 1.33 bits per heavy atom. The molecule has 2 aromatic heterocycles. The second-order valence-electron chi connectivity index (χ2n) is 5.35. The summed E-state index contributed by atoms with van der Waals surface area (Å²) in [5.74, 6) is 0.449. The summed E-state index contributed by atoms with van der Waals surface area (Å²) in [4.78, 5) is 4.56. The number of halogens is 1. The highest BCUT2D eigenvalue weighted by Gasteiger charge is 2.19. The Kier molecular flexibility index (Phi) is 3.97. The Bertz CT molecular complexity index is 745. The number of hydrogen-bond donors (Lipinski definition) is 1. The van der Waals surface area contributed by atoms with E-state index in [9.17, 15) is 5.11 Å². The predicted molar refractivity (Wildman–Crippen MR) is 86.2 cm³/mol. The molecule has 21 heavy (non-hydrogen) atoms. The lowest BCUT2D eigenvalue weighted by Gasteiger charge is -2.02. The highest BCUT2D eigenvalue weighted by atomic mass is 35.5. The number of rotatable bonds is 4. The maximum absolute atomic E-state index is 9.56. The summed E-state index contributed by atoms with van der Waals surface area (Å²) in [6.45, 7) is 4.13. The Hall–Kier alpha value is -1.43. The fraction of sp³-hybridized carbons (Fsp3) is 0.333. The number of aliphatic hydroxyl groups excluding tert-OH is 1. The molecule has 0 saturated heterocycles. The van der Waals surface area contributed by atoms with E-state index in [0.717, 1.165) is 27.5 Å². The summed E-state index contributed by atoms with van der Waals surface area (Å²) in [5.41, 5.74) is 2.47. The molecule has 0 saturated carbocycles. The zero-order valence-corrected chi connectivity index (χ0v) is 13.4. The molecule has 6 heteroatoms. The molecule has 0 unspecified atom stereocenters. The molecule has 0 radical (unpaired) electrons. The first kappa shape index (κ1) is 14.5. The van der Waals surface area contributed by atoms with Crippen LogP contribution in [0.1, 0.15) is 25.1 Å². The van der Waals surface area contributed by atoms with Crippen molar-refractivity contribution in [3.05, 3.63) is 40.7 Å². The van der Waals surface area contributed by atoms with Crippen LogP contribution in [0.15, 0.2) is 24.3 Å². The van der Waals surface area contributed by atoms with Crippen molar-refractivity contribution in [3.8, 4) is 5.13 Å². The number of aliphatic hydroxyl groups is 1. The van der Waals surface area contributed by atoms with Gasteiger partial charge in [0.05, 0.1) is 22.5 Å². The van der Waals surface area contributed by atoms with Crippen LogP contribution in [0.2, 0.25) is 5.15 Å². The monoisotopic (exact) mass is 321 g/mol. The van der Waals surface area contributed by atoms with Gasteiger partial charge >= 0.3 is 0 Å². The zero-order valence-electron chi connectivity index (χ0n) is 11.9. The second kappa shape index (κ2) is 5.75. The molecule has 0 bridgehead atoms. The van der Waals surface area contributed by atoms with Gasteiger partial charge in [0, 0.05) is 5.56 Å². The average Bonchev–Trinajstić information content (AvgIpc) is 2.99. The Labute approximate surface area is 132 Å². The molecule has 1 aromatic carbocycles. The van der Waals surface area contributed by atoms with Crippen LogP contribution in [-0.4, -0.2) is 19.9 Å². The van der Waals surface area contributed by atoms with Gasteiger partial charge in [-0.15, -0.1) is 0 Å². The third-order valence-corrected chi connectivity index (χ3v) is 4.63. The lowest BCUT2D eigenvalue weighted by atomic mass is 10.1. The normalized spacial score (nSPS) is 11.7. The lowest BCUT2D eigenvalue weighted by molar-refractivity contribution is 0.280. The molecule has 0 aliphatic heterocycles. The molecule has 2 heterocycles. The summed E-state index contributed by atoms with van der Waals surface area (Å²) in [5, 5.41) is 15.3. The third-order valence-electron chi connectivity index (χ3n) is 3.23. The van der Waals surface area contributed by atoms with Gasteiger partial charge in [0.2, 0.25) is 5.13 Å². The first-order valence-corrected chi connectivity index (χ1v) is 8.02. The number of para-hydroxylation sites is 1. The molecule has 4 nitrogen and oxygen atoms in total. The van der Waals surface area contributed by atoms with E-state index in [4.69, 9.17) is 11.6 Å². The molecule has 0 spiro atoms. The number of fused-ring (bicyclic) bond motifs is 1. The van der Waals surface area contributed by atoms with E-state index in [0.29, 0.717) is 16.6 Å². The van der Waals surface area contributed by atoms with Gasteiger partial charge in [-0.25, -0.2) is 4.98 Å². The van der Waals surface area contributed by atoms with E-state index in [1.54, 1.807) is 4.68 Å². The minimum atomic E-state index is -0.105. The quantitative estimate of drug-likeness (QED) is 0.794. The summed E-state index contributed by atoms with van der Waals surface area (Å²) in [7, 11) is 0. The maximum atomic E-state index is 9.56. The van der Waals surface area contributed by atoms with Crippen LogP contribution >= 0.6 is 22.9 Å². The van der Waals surface area contributed by atoms with Gasteiger partial charge < -0.3 is 5.11 Å². The van der Waals surface area contributed by atoms with Gasteiger partial charge in [0.15, 0.2) is 0 Å². The van der Waals surface area contributed by atoms with Crippen LogP contribution in [0.25, 0.3) is 15.3 Å². The van der Waals surface area contributed by atoms with Crippen molar-refractivity contribution in [1.82, 2.24) is 14.8 Å². The van der Waals surface area contributed by atoms with Crippen molar-refractivity contribution >= 4 is 33.2 Å². The van der Waals surface area contributed by atoms with Crippen molar-refractivity contribution in [3.63, 3.8) is 0 Å². The van der Waals surface area contributed by atoms with Crippen LogP contribution in [0, 0.1) is 5.92 Å². The molecular weight excluding hydrogens is 306 g/mol.